The lowest BCUT2D eigenvalue weighted by Gasteiger charge is -2.34. The standard InChI is InChI=1S/C17H22N2O/c1-3-20-14-7-10-19(11-8-14)17-6-9-18-16-5-4-13(2)12-15(16)17/h4-6,9,12,14H,3,7-8,10-11H2,1-2H3. The van der Waals surface area contributed by atoms with Crippen molar-refractivity contribution in [3.8, 4) is 0 Å². The summed E-state index contributed by atoms with van der Waals surface area (Å²) in [5.74, 6) is 0. The molecule has 0 bridgehead atoms. The summed E-state index contributed by atoms with van der Waals surface area (Å²) in [6.07, 6.45) is 4.58. The number of ether oxygens (including phenoxy) is 1. The zero-order valence-corrected chi connectivity index (χ0v) is 12.3. The Morgan fingerprint density at radius 2 is 2.05 bits per heavy atom. The number of nitrogens with zero attached hydrogens (tertiary/aromatic N) is 2. The van der Waals surface area contributed by atoms with Gasteiger partial charge in [-0.3, -0.25) is 4.98 Å². The molecule has 3 nitrogen and oxygen atoms in total. The highest BCUT2D eigenvalue weighted by molar-refractivity contribution is 5.92. The van der Waals surface area contributed by atoms with Gasteiger partial charge in [0, 0.05) is 37.0 Å². The van der Waals surface area contributed by atoms with Crippen LogP contribution < -0.4 is 4.90 Å². The minimum absolute atomic E-state index is 0.436. The van der Waals surface area contributed by atoms with Gasteiger partial charge in [0.15, 0.2) is 0 Å². The second-order valence-electron chi connectivity index (χ2n) is 5.49. The summed E-state index contributed by atoms with van der Waals surface area (Å²) in [7, 11) is 0. The van der Waals surface area contributed by atoms with Crippen LogP contribution in [0.2, 0.25) is 0 Å². The van der Waals surface area contributed by atoms with Crippen molar-refractivity contribution in [1.82, 2.24) is 4.98 Å². The van der Waals surface area contributed by atoms with E-state index in [0.717, 1.165) is 38.1 Å². The van der Waals surface area contributed by atoms with Crippen molar-refractivity contribution in [3.63, 3.8) is 0 Å². The van der Waals surface area contributed by atoms with Crippen LogP contribution in [-0.4, -0.2) is 30.8 Å². The molecule has 1 aromatic carbocycles. The number of fused-ring (bicyclic) bond motifs is 1. The Balaban J connectivity index is 1.86. The third-order valence-electron chi connectivity index (χ3n) is 4.06. The monoisotopic (exact) mass is 270 g/mol. The van der Waals surface area contributed by atoms with Gasteiger partial charge in [-0.05, 0) is 44.9 Å². The van der Waals surface area contributed by atoms with Gasteiger partial charge in [0.1, 0.15) is 0 Å². The summed E-state index contributed by atoms with van der Waals surface area (Å²) < 4.78 is 5.73. The smallest absolute Gasteiger partial charge is 0.0722 e. The van der Waals surface area contributed by atoms with Crippen LogP contribution in [0.5, 0.6) is 0 Å². The van der Waals surface area contributed by atoms with Crippen LogP contribution in [0, 0.1) is 6.92 Å². The molecule has 1 saturated heterocycles. The van der Waals surface area contributed by atoms with Gasteiger partial charge in [-0.2, -0.15) is 0 Å². The number of hydrogen-bond acceptors (Lipinski definition) is 3. The van der Waals surface area contributed by atoms with E-state index in [-0.39, 0.29) is 0 Å². The van der Waals surface area contributed by atoms with E-state index in [1.54, 1.807) is 0 Å². The van der Waals surface area contributed by atoms with Crippen LogP contribution in [-0.2, 0) is 4.74 Å². The van der Waals surface area contributed by atoms with Gasteiger partial charge in [-0.1, -0.05) is 11.6 Å². The topological polar surface area (TPSA) is 25.4 Å². The van der Waals surface area contributed by atoms with E-state index in [4.69, 9.17) is 4.74 Å². The predicted octanol–water partition coefficient (Wildman–Crippen LogP) is 3.55. The molecule has 106 valence electrons. The molecule has 1 aromatic heterocycles. The second-order valence-corrected chi connectivity index (χ2v) is 5.49. The van der Waals surface area contributed by atoms with Crippen molar-refractivity contribution in [3.05, 3.63) is 36.0 Å². The third-order valence-corrected chi connectivity index (χ3v) is 4.06. The average molecular weight is 270 g/mol. The molecule has 3 heteroatoms. The van der Waals surface area contributed by atoms with Gasteiger partial charge >= 0.3 is 0 Å². The molecule has 1 aliphatic rings. The van der Waals surface area contributed by atoms with Crippen molar-refractivity contribution in [2.75, 3.05) is 24.6 Å². The molecule has 0 saturated carbocycles. The van der Waals surface area contributed by atoms with Gasteiger partial charge in [0.25, 0.3) is 0 Å². The molecule has 0 unspecified atom stereocenters. The predicted molar refractivity (Wildman–Crippen MR) is 83.3 cm³/mol. The lowest BCUT2D eigenvalue weighted by Crippen LogP contribution is -2.37. The first kappa shape index (κ1) is 13.4. The molecular weight excluding hydrogens is 248 g/mol. The summed E-state index contributed by atoms with van der Waals surface area (Å²) in [6, 6.07) is 8.62. The minimum Gasteiger partial charge on any atom is -0.378 e. The first-order chi connectivity index (χ1) is 9.78. The van der Waals surface area contributed by atoms with Gasteiger partial charge < -0.3 is 9.64 Å². The Labute approximate surface area is 120 Å². The molecule has 0 amide bonds. The molecule has 3 rings (SSSR count). The number of piperidine rings is 1. The van der Waals surface area contributed by atoms with Crippen molar-refractivity contribution in [1.29, 1.82) is 0 Å². The SMILES string of the molecule is CCOC1CCN(c2ccnc3ccc(C)cc23)CC1. The van der Waals surface area contributed by atoms with Crippen LogP contribution >= 0.6 is 0 Å². The third kappa shape index (κ3) is 2.63. The molecule has 0 aliphatic carbocycles. The molecule has 2 aromatic rings. The first-order valence-electron chi connectivity index (χ1n) is 7.50. The van der Waals surface area contributed by atoms with Crippen LogP contribution in [0.3, 0.4) is 0 Å². The molecule has 0 atom stereocenters. The highest BCUT2D eigenvalue weighted by Crippen LogP contribution is 2.29. The Kier molecular flexibility index (Phi) is 3.88. The normalized spacial score (nSPS) is 16.8. The Morgan fingerprint density at radius 3 is 2.80 bits per heavy atom. The summed E-state index contributed by atoms with van der Waals surface area (Å²) in [5, 5.41) is 1.27. The number of aryl methyl sites for hydroxylation is 1. The van der Waals surface area contributed by atoms with Crippen LogP contribution in [0.25, 0.3) is 10.9 Å². The number of benzene rings is 1. The number of hydrogen-bond donors (Lipinski definition) is 0. The summed E-state index contributed by atoms with van der Waals surface area (Å²) in [6.45, 7) is 7.17. The molecule has 0 spiro atoms. The van der Waals surface area contributed by atoms with E-state index in [9.17, 15) is 0 Å². The number of aromatic nitrogens is 1. The van der Waals surface area contributed by atoms with Crippen molar-refractivity contribution < 1.29 is 4.74 Å². The maximum atomic E-state index is 5.73. The van der Waals surface area contributed by atoms with Crippen molar-refractivity contribution in [2.24, 2.45) is 0 Å². The number of rotatable bonds is 3. The maximum absolute atomic E-state index is 5.73. The van der Waals surface area contributed by atoms with E-state index in [1.165, 1.54) is 16.6 Å². The maximum Gasteiger partial charge on any atom is 0.0722 e. The Bertz CT molecular complexity index is 589. The molecule has 2 heterocycles. The zero-order chi connectivity index (χ0) is 13.9. The molecule has 1 fully saturated rings. The largest absolute Gasteiger partial charge is 0.378 e. The minimum atomic E-state index is 0.436. The van der Waals surface area contributed by atoms with Gasteiger partial charge in [-0.15, -0.1) is 0 Å². The van der Waals surface area contributed by atoms with E-state index in [1.807, 2.05) is 6.20 Å². The summed E-state index contributed by atoms with van der Waals surface area (Å²) in [4.78, 5) is 6.94. The highest BCUT2D eigenvalue weighted by Gasteiger charge is 2.20. The lowest BCUT2D eigenvalue weighted by molar-refractivity contribution is 0.0459. The Morgan fingerprint density at radius 1 is 1.25 bits per heavy atom. The van der Waals surface area contributed by atoms with E-state index < -0.39 is 0 Å². The number of anilines is 1. The van der Waals surface area contributed by atoms with Crippen LogP contribution in [0.4, 0.5) is 5.69 Å². The fraction of sp³-hybridized carbons (Fsp3) is 0.471. The fourth-order valence-corrected chi connectivity index (χ4v) is 3.02. The molecule has 0 radical (unpaired) electrons. The second kappa shape index (κ2) is 5.80. The number of pyridine rings is 1. The van der Waals surface area contributed by atoms with Gasteiger partial charge in [0.05, 0.1) is 11.6 Å². The molecule has 0 N–H and O–H groups in total. The van der Waals surface area contributed by atoms with Crippen LogP contribution in [0.1, 0.15) is 25.3 Å². The lowest BCUT2D eigenvalue weighted by atomic mass is 10.0. The first-order valence-corrected chi connectivity index (χ1v) is 7.50. The average Bonchev–Trinajstić information content (AvgIpc) is 2.48. The van der Waals surface area contributed by atoms with Crippen molar-refractivity contribution >= 4 is 16.6 Å². The van der Waals surface area contributed by atoms with Crippen molar-refractivity contribution in [2.45, 2.75) is 32.8 Å². The quantitative estimate of drug-likeness (QED) is 0.853. The van der Waals surface area contributed by atoms with Gasteiger partial charge in [0.2, 0.25) is 0 Å². The van der Waals surface area contributed by atoms with Gasteiger partial charge in [-0.25, -0.2) is 0 Å². The highest BCUT2D eigenvalue weighted by atomic mass is 16.5. The Hall–Kier alpha value is -1.61. The molecule has 1 aliphatic heterocycles. The van der Waals surface area contributed by atoms with E-state index in [0.29, 0.717) is 6.10 Å². The molecule has 20 heavy (non-hydrogen) atoms. The van der Waals surface area contributed by atoms with Crippen LogP contribution in [0.15, 0.2) is 30.5 Å². The van der Waals surface area contributed by atoms with E-state index >= 15 is 0 Å². The fourth-order valence-electron chi connectivity index (χ4n) is 3.02. The van der Waals surface area contributed by atoms with E-state index in [2.05, 4.69) is 48.0 Å². The zero-order valence-electron chi connectivity index (χ0n) is 12.3. The molecular formula is C17H22N2O. The summed E-state index contributed by atoms with van der Waals surface area (Å²) in [5.41, 5.74) is 3.68. The summed E-state index contributed by atoms with van der Waals surface area (Å²) >= 11 is 0.